The van der Waals surface area contributed by atoms with Crippen LogP contribution in [-0.2, 0) is 0 Å². The first-order valence-corrected chi connectivity index (χ1v) is 6.00. The topological polar surface area (TPSA) is 15.7 Å². The number of hydrogen-bond acceptors (Lipinski definition) is 3. The Morgan fingerprint density at radius 2 is 2.06 bits per heavy atom. The van der Waals surface area contributed by atoms with Gasteiger partial charge < -0.3 is 9.64 Å². The zero-order chi connectivity index (χ0) is 11.0. The van der Waals surface area contributed by atoms with Gasteiger partial charge in [0.05, 0.1) is 12.8 Å². The van der Waals surface area contributed by atoms with Crippen LogP contribution in [0.4, 0.5) is 5.69 Å². The molecule has 86 valence electrons. The zero-order valence-electron chi connectivity index (χ0n) is 9.72. The third-order valence-corrected chi connectivity index (χ3v) is 3.74. The van der Waals surface area contributed by atoms with Gasteiger partial charge in [-0.2, -0.15) is 0 Å². The average molecular weight is 218 g/mol. The van der Waals surface area contributed by atoms with Gasteiger partial charge in [0.1, 0.15) is 5.75 Å². The van der Waals surface area contributed by atoms with Crippen LogP contribution < -0.4 is 9.64 Å². The molecule has 2 saturated heterocycles. The zero-order valence-corrected chi connectivity index (χ0v) is 9.72. The van der Waals surface area contributed by atoms with E-state index in [-0.39, 0.29) is 0 Å². The summed E-state index contributed by atoms with van der Waals surface area (Å²) >= 11 is 0. The smallest absolute Gasteiger partial charge is 0.142 e. The molecule has 2 aliphatic rings. The van der Waals surface area contributed by atoms with E-state index in [4.69, 9.17) is 4.74 Å². The van der Waals surface area contributed by atoms with E-state index < -0.39 is 0 Å². The number of benzene rings is 1. The molecular weight excluding hydrogens is 200 g/mol. The van der Waals surface area contributed by atoms with Gasteiger partial charge in [0.2, 0.25) is 0 Å². The molecule has 0 saturated carbocycles. The van der Waals surface area contributed by atoms with Crippen LogP contribution >= 0.6 is 0 Å². The molecule has 2 aliphatic heterocycles. The standard InChI is InChI=1S/C13H18N2O/c1-16-13-5-3-2-4-12(13)15-9-8-14-7-6-11(15)10-14/h2-5,11H,6-10H2,1H3. The second-order valence-corrected chi connectivity index (χ2v) is 4.61. The van der Waals surface area contributed by atoms with Crippen LogP contribution in [0.2, 0.25) is 0 Å². The van der Waals surface area contributed by atoms with E-state index in [2.05, 4.69) is 28.0 Å². The summed E-state index contributed by atoms with van der Waals surface area (Å²) in [7, 11) is 1.75. The van der Waals surface area contributed by atoms with Crippen molar-refractivity contribution in [3.05, 3.63) is 24.3 Å². The van der Waals surface area contributed by atoms with Gasteiger partial charge in [0, 0.05) is 32.2 Å². The molecule has 0 aromatic heterocycles. The Bertz CT molecular complexity index is 380. The molecule has 0 radical (unpaired) electrons. The number of anilines is 1. The van der Waals surface area contributed by atoms with Crippen LogP contribution in [0.15, 0.2) is 24.3 Å². The lowest BCUT2D eigenvalue weighted by Gasteiger charge is -2.36. The summed E-state index contributed by atoms with van der Waals surface area (Å²) in [6.07, 6.45) is 1.29. The number of hydrogen-bond donors (Lipinski definition) is 0. The second-order valence-electron chi connectivity index (χ2n) is 4.61. The number of methoxy groups -OCH3 is 1. The van der Waals surface area contributed by atoms with E-state index in [0.29, 0.717) is 6.04 Å². The third-order valence-electron chi connectivity index (χ3n) is 3.74. The van der Waals surface area contributed by atoms with Crippen molar-refractivity contribution < 1.29 is 4.74 Å². The van der Waals surface area contributed by atoms with Gasteiger partial charge in [-0.25, -0.2) is 0 Å². The van der Waals surface area contributed by atoms with E-state index in [9.17, 15) is 0 Å². The second kappa shape index (κ2) is 3.98. The van der Waals surface area contributed by atoms with Gasteiger partial charge in [-0.15, -0.1) is 0 Å². The fraction of sp³-hybridized carbons (Fsp3) is 0.538. The lowest BCUT2D eigenvalue weighted by Crippen LogP contribution is -2.46. The van der Waals surface area contributed by atoms with E-state index in [1.807, 2.05) is 6.07 Å². The number of piperazine rings is 1. The summed E-state index contributed by atoms with van der Waals surface area (Å²) in [4.78, 5) is 5.07. The predicted molar refractivity (Wildman–Crippen MR) is 65.2 cm³/mol. The summed E-state index contributed by atoms with van der Waals surface area (Å²) in [5.74, 6) is 1.00. The van der Waals surface area contributed by atoms with Crippen molar-refractivity contribution in [2.75, 3.05) is 38.2 Å². The molecule has 3 nitrogen and oxygen atoms in total. The molecule has 0 aliphatic carbocycles. The van der Waals surface area contributed by atoms with Crippen molar-refractivity contribution in [3.63, 3.8) is 0 Å². The van der Waals surface area contributed by atoms with E-state index in [1.165, 1.54) is 31.7 Å². The highest BCUT2D eigenvalue weighted by molar-refractivity contribution is 5.59. The number of nitrogens with zero attached hydrogens (tertiary/aromatic N) is 2. The fourth-order valence-corrected chi connectivity index (χ4v) is 2.89. The Morgan fingerprint density at radius 3 is 2.94 bits per heavy atom. The van der Waals surface area contributed by atoms with Gasteiger partial charge in [-0.3, -0.25) is 4.90 Å². The van der Waals surface area contributed by atoms with Crippen molar-refractivity contribution in [1.82, 2.24) is 4.90 Å². The first-order chi connectivity index (χ1) is 7.88. The molecule has 1 aromatic carbocycles. The van der Waals surface area contributed by atoms with Gasteiger partial charge >= 0.3 is 0 Å². The van der Waals surface area contributed by atoms with Crippen LogP contribution in [0.1, 0.15) is 6.42 Å². The number of rotatable bonds is 2. The number of ether oxygens (including phenoxy) is 1. The van der Waals surface area contributed by atoms with Crippen LogP contribution in [0.5, 0.6) is 5.75 Å². The molecule has 3 rings (SSSR count). The first-order valence-electron chi connectivity index (χ1n) is 6.00. The average Bonchev–Trinajstić information content (AvgIpc) is 2.72. The summed E-state index contributed by atoms with van der Waals surface area (Å²) < 4.78 is 5.45. The third kappa shape index (κ3) is 1.55. The molecule has 16 heavy (non-hydrogen) atoms. The summed E-state index contributed by atoms with van der Waals surface area (Å²) in [6.45, 7) is 4.80. The maximum atomic E-state index is 5.45. The van der Waals surface area contributed by atoms with E-state index in [1.54, 1.807) is 7.11 Å². The minimum absolute atomic E-state index is 0.685. The molecule has 2 unspecified atom stereocenters. The van der Waals surface area contributed by atoms with Gasteiger partial charge in [0.15, 0.2) is 0 Å². The summed E-state index contributed by atoms with van der Waals surface area (Å²) in [5, 5.41) is 0. The highest BCUT2D eigenvalue weighted by atomic mass is 16.5. The molecule has 2 atom stereocenters. The van der Waals surface area contributed by atoms with Crippen LogP contribution in [0, 0.1) is 0 Å². The SMILES string of the molecule is COc1ccccc1N1CCN2CCC1C2. The summed E-state index contributed by atoms with van der Waals surface area (Å²) in [6, 6.07) is 9.04. The summed E-state index contributed by atoms with van der Waals surface area (Å²) in [5.41, 5.74) is 1.26. The number of para-hydroxylation sites is 2. The molecule has 2 heterocycles. The molecular formula is C13H18N2O. The van der Waals surface area contributed by atoms with Gasteiger partial charge in [0.25, 0.3) is 0 Å². The maximum Gasteiger partial charge on any atom is 0.142 e. The van der Waals surface area contributed by atoms with Crippen molar-refractivity contribution in [1.29, 1.82) is 0 Å². The van der Waals surface area contributed by atoms with Crippen LogP contribution in [-0.4, -0.2) is 44.2 Å². The van der Waals surface area contributed by atoms with Crippen molar-refractivity contribution >= 4 is 5.69 Å². The molecule has 0 amide bonds. The lowest BCUT2D eigenvalue weighted by molar-refractivity contribution is 0.309. The molecule has 2 bridgehead atoms. The highest BCUT2D eigenvalue weighted by Crippen LogP contribution is 2.33. The number of fused-ring (bicyclic) bond motifs is 2. The monoisotopic (exact) mass is 218 g/mol. The highest BCUT2D eigenvalue weighted by Gasteiger charge is 2.33. The Balaban J connectivity index is 1.90. The quantitative estimate of drug-likeness (QED) is 0.749. The normalized spacial score (nSPS) is 28.2. The maximum absolute atomic E-state index is 5.45. The van der Waals surface area contributed by atoms with Crippen molar-refractivity contribution in [2.45, 2.75) is 12.5 Å². The molecule has 2 fully saturated rings. The van der Waals surface area contributed by atoms with Crippen molar-refractivity contribution in [2.24, 2.45) is 0 Å². The van der Waals surface area contributed by atoms with Crippen LogP contribution in [0.3, 0.4) is 0 Å². The Hall–Kier alpha value is -1.22. The Kier molecular flexibility index (Phi) is 2.48. The largest absolute Gasteiger partial charge is 0.495 e. The molecule has 0 N–H and O–H groups in total. The Labute approximate surface area is 96.6 Å². The minimum atomic E-state index is 0.685. The van der Waals surface area contributed by atoms with E-state index >= 15 is 0 Å². The lowest BCUT2D eigenvalue weighted by atomic mass is 10.1. The van der Waals surface area contributed by atoms with E-state index in [0.717, 1.165) is 12.3 Å². The van der Waals surface area contributed by atoms with Gasteiger partial charge in [-0.1, -0.05) is 12.1 Å². The minimum Gasteiger partial charge on any atom is -0.495 e. The fourth-order valence-electron chi connectivity index (χ4n) is 2.89. The predicted octanol–water partition coefficient (Wildman–Crippen LogP) is 1.59. The molecule has 1 aromatic rings. The van der Waals surface area contributed by atoms with Crippen LogP contribution in [0.25, 0.3) is 0 Å². The first kappa shape index (κ1) is 9.97. The Morgan fingerprint density at radius 1 is 1.19 bits per heavy atom. The van der Waals surface area contributed by atoms with Gasteiger partial charge in [-0.05, 0) is 18.6 Å². The molecule has 3 heteroatoms. The molecule has 0 spiro atoms. The van der Waals surface area contributed by atoms with Crippen molar-refractivity contribution in [3.8, 4) is 5.75 Å².